The normalized spacial score (nSPS) is 12.9. The van der Waals surface area contributed by atoms with E-state index in [4.69, 9.17) is 9.30 Å². The lowest BCUT2D eigenvalue weighted by Gasteiger charge is -2.27. The number of rotatable bonds is 9. The summed E-state index contributed by atoms with van der Waals surface area (Å²) in [6.45, 7) is 10.6. The first kappa shape index (κ1) is 26.8. The van der Waals surface area contributed by atoms with Crippen molar-refractivity contribution in [3.63, 3.8) is 0 Å². The van der Waals surface area contributed by atoms with Gasteiger partial charge in [0, 0.05) is 5.56 Å². The molecule has 0 fully saturated rings. The highest BCUT2D eigenvalue weighted by Gasteiger charge is 2.44. The SMILES string of the molecule is CCCCCCOC(=O)C(C)(C(=O)c1ccc(C(C)(C)C)cc1)c1ccccc1.O=[PH3]. The Hall–Kier alpha value is -2.19. The van der Waals surface area contributed by atoms with Crippen LogP contribution in [0.3, 0.4) is 0 Å². The highest BCUT2D eigenvalue weighted by atomic mass is 31.0. The molecule has 0 radical (unpaired) electrons. The monoisotopic (exact) mass is 444 g/mol. The minimum atomic E-state index is -1.37. The average Bonchev–Trinajstić information content (AvgIpc) is 2.79. The van der Waals surface area contributed by atoms with E-state index in [0.717, 1.165) is 31.2 Å². The van der Waals surface area contributed by atoms with Crippen molar-refractivity contribution in [2.75, 3.05) is 6.61 Å². The van der Waals surface area contributed by atoms with Crippen LogP contribution in [0.15, 0.2) is 54.6 Å². The smallest absolute Gasteiger partial charge is 0.324 e. The van der Waals surface area contributed by atoms with Crippen molar-refractivity contribution in [1.29, 1.82) is 0 Å². The predicted octanol–water partition coefficient (Wildman–Crippen LogP) is 6.19. The highest BCUT2D eigenvalue weighted by Crippen LogP contribution is 2.31. The molecule has 31 heavy (non-hydrogen) atoms. The molecule has 0 N–H and O–H groups in total. The molecule has 2 aromatic rings. The summed E-state index contributed by atoms with van der Waals surface area (Å²) in [5.41, 5.74) is 0.960. The van der Waals surface area contributed by atoms with Crippen molar-refractivity contribution in [3.05, 3.63) is 71.3 Å². The first-order chi connectivity index (χ1) is 14.7. The zero-order valence-electron chi connectivity index (χ0n) is 19.6. The molecular formula is C26H37O4P. The average molecular weight is 445 g/mol. The third-order valence-electron chi connectivity index (χ3n) is 5.46. The van der Waals surface area contributed by atoms with Gasteiger partial charge in [-0.05, 0) is 29.9 Å². The third-order valence-corrected chi connectivity index (χ3v) is 5.46. The summed E-state index contributed by atoms with van der Waals surface area (Å²) >= 11 is 0. The van der Waals surface area contributed by atoms with Crippen LogP contribution in [0.5, 0.6) is 0 Å². The summed E-state index contributed by atoms with van der Waals surface area (Å²) in [7, 11) is 0.611. The van der Waals surface area contributed by atoms with Crippen LogP contribution in [0.4, 0.5) is 0 Å². The molecule has 2 unspecified atom stereocenters. The Bertz CT molecular complexity index is 825. The summed E-state index contributed by atoms with van der Waals surface area (Å²) in [6.07, 6.45) is 4.08. The summed E-state index contributed by atoms with van der Waals surface area (Å²) in [4.78, 5) is 26.6. The molecule has 0 bridgehead atoms. The number of benzene rings is 2. The van der Waals surface area contributed by atoms with Gasteiger partial charge in [-0.3, -0.25) is 9.59 Å². The molecule has 0 heterocycles. The summed E-state index contributed by atoms with van der Waals surface area (Å²) in [5.74, 6) is -0.715. The lowest BCUT2D eigenvalue weighted by atomic mass is 9.75. The van der Waals surface area contributed by atoms with Crippen molar-refractivity contribution < 1.29 is 18.9 Å². The first-order valence-corrected chi connectivity index (χ1v) is 11.5. The molecule has 0 aromatic heterocycles. The summed E-state index contributed by atoms with van der Waals surface area (Å²) in [5, 5.41) is 0. The predicted molar refractivity (Wildman–Crippen MR) is 130 cm³/mol. The molecule has 0 spiro atoms. The van der Waals surface area contributed by atoms with Gasteiger partial charge in [0.25, 0.3) is 0 Å². The lowest BCUT2D eigenvalue weighted by molar-refractivity contribution is -0.148. The fourth-order valence-electron chi connectivity index (χ4n) is 3.36. The molecule has 5 heteroatoms. The minimum Gasteiger partial charge on any atom is -0.465 e. The largest absolute Gasteiger partial charge is 0.465 e. The van der Waals surface area contributed by atoms with E-state index in [0.29, 0.717) is 26.9 Å². The van der Waals surface area contributed by atoms with Gasteiger partial charge in [0.2, 0.25) is 0 Å². The number of carbonyl (C=O) groups excluding carboxylic acids is 2. The number of unbranched alkanes of at least 4 members (excludes halogenated alkanes) is 3. The maximum atomic E-state index is 13.5. The molecule has 0 aliphatic rings. The van der Waals surface area contributed by atoms with Gasteiger partial charge < -0.3 is 9.30 Å². The Morgan fingerprint density at radius 1 is 0.806 bits per heavy atom. The Labute approximate surface area is 189 Å². The van der Waals surface area contributed by atoms with E-state index in [-0.39, 0.29) is 11.2 Å². The Kier molecular flexibility index (Phi) is 10.9. The Balaban J connectivity index is 0.00000233. The molecular weight excluding hydrogens is 407 g/mol. The number of esters is 1. The first-order valence-electron chi connectivity index (χ1n) is 10.9. The zero-order valence-corrected chi connectivity index (χ0v) is 21.0. The van der Waals surface area contributed by atoms with E-state index >= 15 is 0 Å². The van der Waals surface area contributed by atoms with Crippen LogP contribution in [0.2, 0.25) is 0 Å². The van der Waals surface area contributed by atoms with Gasteiger partial charge in [-0.15, -0.1) is 0 Å². The van der Waals surface area contributed by atoms with Crippen LogP contribution in [-0.4, -0.2) is 18.4 Å². The van der Waals surface area contributed by atoms with Crippen molar-refractivity contribution in [1.82, 2.24) is 0 Å². The molecule has 4 nitrogen and oxygen atoms in total. The number of hydrogen-bond donors (Lipinski definition) is 0. The quantitative estimate of drug-likeness (QED) is 0.152. The Morgan fingerprint density at radius 3 is 1.90 bits per heavy atom. The second-order valence-corrected chi connectivity index (χ2v) is 8.84. The van der Waals surface area contributed by atoms with Gasteiger partial charge in [-0.1, -0.05) is 102 Å². The number of ketones is 1. The number of ether oxygens (including phenoxy) is 1. The molecule has 0 saturated heterocycles. The molecule has 2 rings (SSSR count). The molecule has 0 saturated carbocycles. The van der Waals surface area contributed by atoms with Crippen LogP contribution in [0.25, 0.3) is 0 Å². The molecule has 2 atom stereocenters. The van der Waals surface area contributed by atoms with Gasteiger partial charge in [0.1, 0.15) is 0 Å². The van der Waals surface area contributed by atoms with Crippen LogP contribution >= 0.6 is 9.12 Å². The van der Waals surface area contributed by atoms with Gasteiger partial charge in [0.15, 0.2) is 11.2 Å². The lowest BCUT2D eigenvalue weighted by Crippen LogP contribution is -2.42. The van der Waals surface area contributed by atoms with E-state index in [1.165, 1.54) is 0 Å². The summed E-state index contributed by atoms with van der Waals surface area (Å²) < 4.78 is 13.8. The van der Waals surface area contributed by atoms with E-state index in [2.05, 4.69) is 27.7 Å². The van der Waals surface area contributed by atoms with Crippen molar-refractivity contribution in [2.45, 2.75) is 71.1 Å². The van der Waals surface area contributed by atoms with Crippen molar-refractivity contribution in [2.24, 2.45) is 0 Å². The van der Waals surface area contributed by atoms with Gasteiger partial charge in [0.05, 0.1) is 15.7 Å². The second kappa shape index (κ2) is 12.6. The Morgan fingerprint density at radius 2 is 1.39 bits per heavy atom. The minimum absolute atomic E-state index is 0.00172. The maximum Gasteiger partial charge on any atom is 0.324 e. The van der Waals surface area contributed by atoms with Gasteiger partial charge in [-0.25, -0.2) is 0 Å². The van der Waals surface area contributed by atoms with Gasteiger partial charge in [-0.2, -0.15) is 0 Å². The van der Waals surface area contributed by atoms with Crippen LogP contribution in [0.1, 0.15) is 81.8 Å². The second-order valence-electron chi connectivity index (χ2n) is 8.84. The van der Waals surface area contributed by atoms with Crippen molar-refractivity contribution in [3.8, 4) is 0 Å². The van der Waals surface area contributed by atoms with Crippen LogP contribution in [0, 0.1) is 0 Å². The standard InChI is InChI=1S/C26H34O3.H3OP/c1-6-7-8-12-19-29-24(28)26(5,22-13-10-9-11-14-22)23(27)20-15-17-21(18-16-20)25(2,3)4;1-2/h9-11,13-18H,6-8,12,19H2,1-5H3;2H3. The van der Waals surface area contributed by atoms with Crippen LogP contribution in [-0.2, 0) is 24.9 Å². The van der Waals surface area contributed by atoms with Gasteiger partial charge >= 0.3 is 5.97 Å². The third kappa shape index (κ3) is 7.18. The molecule has 170 valence electrons. The highest BCUT2D eigenvalue weighted by molar-refractivity contribution is 7.00. The summed E-state index contributed by atoms with van der Waals surface area (Å²) in [6, 6.07) is 16.8. The number of Topliss-reactive ketones (excluding diaryl/α,β-unsaturated/α-hetero) is 1. The zero-order chi connectivity index (χ0) is 23.5. The van der Waals surface area contributed by atoms with E-state index < -0.39 is 11.4 Å². The fourth-order valence-corrected chi connectivity index (χ4v) is 3.36. The molecule has 0 amide bonds. The topological polar surface area (TPSA) is 60.4 Å². The molecule has 2 aromatic carbocycles. The number of carbonyl (C=O) groups is 2. The van der Waals surface area contributed by atoms with E-state index in [1.807, 2.05) is 54.6 Å². The number of hydrogen-bond acceptors (Lipinski definition) is 4. The van der Waals surface area contributed by atoms with E-state index in [9.17, 15) is 9.59 Å². The molecule has 0 aliphatic heterocycles. The fraction of sp³-hybridized carbons (Fsp3) is 0.462. The van der Waals surface area contributed by atoms with Crippen molar-refractivity contribution >= 4 is 20.9 Å². The maximum absolute atomic E-state index is 13.5. The van der Waals surface area contributed by atoms with Crippen LogP contribution < -0.4 is 0 Å². The molecule has 0 aliphatic carbocycles. The van der Waals surface area contributed by atoms with E-state index in [1.54, 1.807) is 6.92 Å².